The lowest BCUT2D eigenvalue weighted by molar-refractivity contribution is -0.384. The van der Waals surface area contributed by atoms with Crippen LogP contribution in [0.2, 0.25) is 0 Å². The van der Waals surface area contributed by atoms with Gasteiger partial charge in [0.1, 0.15) is 5.69 Å². The van der Waals surface area contributed by atoms with Crippen LogP contribution in [0.15, 0.2) is 48.5 Å². The van der Waals surface area contributed by atoms with Gasteiger partial charge in [-0.3, -0.25) is 14.9 Å². The summed E-state index contributed by atoms with van der Waals surface area (Å²) in [6, 6.07) is 14.5. The highest BCUT2D eigenvalue weighted by molar-refractivity contribution is 5.96. The summed E-state index contributed by atoms with van der Waals surface area (Å²) in [5.74, 6) is 0.423. The molecule has 170 valence electrons. The zero-order valence-electron chi connectivity index (χ0n) is 18.1. The average molecular weight is 448 g/mol. The zero-order chi connectivity index (χ0) is 22.8. The Balaban J connectivity index is 1.29. The molecule has 0 N–H and O–H groups in total. The predicted molar refractivity (Wildman–Crippen MR) is 122 cm³/mol. The van der Waals surface area contributed by atoms with E-state index in [4.69, 9.17) is 0 Å². The fraction of sp³-hybridized carbons (Fsp3) is 0.364. The van der Waals surface area contributed by atoms with Gasteiger partial charge in [0.2, 0.25) is 5.95 Å². The maximum Gasteiger partial charge on any atom is 0.293 e. The minimum Gasteiger partial charge on any atom is -0.366 e. The summed E-state index contributed by atoms with van der Waals surface area (Å²) in [4.78, 5) is 30.2. The van der Waals surface area contributed by atoms with Gasteiger partial charge in [0.25, 0.3) is 11.6 Å². The highest BCUT2D eigenvalue weighted by Gasteiger charge is 2.28. The van der Waals surface area contributed by atoms with Gasteiger partial charge in [-0.15, -0.1) is 0 Å². The summed E-state index contributed by atoms with van der Waals surface area (Å²) in [5, 5.41) is 23.8. The number of hydrogen-bond acceptors (Lipinski definition) is 8. The zero-order valence-corrected chi connectivity index (χ0v) is 18.1. The second kappa shape index (κ2) is 8.85. The third-order valence-corrected chi connectivity index (χ3v) is 6.17. The summed E-state index contributed by atoms with van der Waals surface area (Å²) in [5.41, 5.74) is 1.78. The summed E-state index contributed by atoms with van der Waals surface area (Å²) in [7, 11) is 0. The van der Waals surface area contributed by atoms with Crippen LogP contribution in [0, 0.1) is 10.1 Å². The van der Waals surface area contributed by atoms with E-state index in [-0.39, 0.29) is 11.6 Å². The first-order chi connectivity index (χ1) is 16.1. The molecule has 0 radical (unpaired) electrons. The lowest BCUT2D eigenvalue weighted by Gasteiger charge is -2.34. The van der Waals surface area contributed by atoms with Crippen molar-refractivity contribution in [2.75, 3.05) is 49.1 Å². The summed E-state index contributed by atoms with van der Waals surface area (Å²) >= 11 is 0. The Hall–Kier alpha value is -4.02. The molecule has 5 rings (SSSR count). The van der Waals surface area contributed by atoms with E-state index in [1.165, 1.54) is 6.07 Å². The van der Waals surface area contributed by atoms with Gasteiger partial charge in [-0.05, 0) is 47.5 Å². The van der Waals surface area contributed by atoms with Gasteiger partial charge in [0, 0.05) is 50.9 Å². The summed E-state index contributed by atoms with van der Waals surface area (Å²) in [6.45, 7) is 3.68. The van der Waals surface area contributed by atoms with E-state index in [0.717, 1.165) is 31.6 Å². The molecule has 11 heteroatoms. The van der Waals surface area contributed by atoms with E-state index < -0.39 is 4.92 Å². The molecular formula is C22H24N8O3. The van der Waals surface area contributed by atoms with Crippen LogP contribution in [0.4, 0.5) is 17.3 Å². The predicted octanol–water partition coefficient (Wildman–Crippen LogP) is 2.13. The van der Waals surface area contributed by atoms with Crippen molar-refractivity contribution < 1.29 is 9.72 Å². The van der Waals surface area contributed by atoms with Gasteiger partial charge in [-0.1, -0.05) is 23.3 Å². The van der Waals surface area contributed by atoms with E-state index in [1.807, 2.05) is 40.1 Å². The van der Waals surface area contributed by atoms with Crippen LogP contribution in [0.5, 0.6) is 0 Å². The third kappa shape index (κ3) is 4.09. The number of tetrazole rings is 1. The number of anilines is 2. The molecule has 0 bridgehead atoms. The first kappa shape index (κ1) is 20.9. The highest BCUT2D eigenvalue weighted by atomic mass is 16.6. The molecule has 2 aliphatic rings. The van der Waals surface area contributed by atoms with E-state index in [0.29, 0.717) is 43.4 Å². The van der Waals surface area contributed by atoms with Crippen molar-refractivity contribution >= 4 is 23.2 Å². The molecule has 1 aromatic heterocycles. The van der Waals surface area contributed by atoms with Crippen LogP contribution in [-0.4, -0.2) is 75.2 Å². The molecule has 11 nitrogen and oxygen atoms in total. The maximum absolute atomic E-state index is 13.1. The number of hydrogen-bond donors (Lipinski definition) is 0. The Labute approximate surface area is 190 Å². The first-order valence-corrected chi connectivity index (χ1v) is 11.0. The minimum absolute atomic E-state index is 0.0107. The summed E-state index contributed by atoms with van der Waals surface area (Å²) < 4.78 is 1.68. The molecule has 0 aliphatic carbocycles. The molecule has 0 unspecified atom stereocenters. The van der Waals surface area contributed by atoms with Crippen molar-refractivity contribution in [3.8, 4) is 5.69 Å². The molecule has 0 atom stereocenters. The Morgan fingerprint density at radius 2 is 1.64 bits per heavy atom. The van der Waals surface area contributed by atoms with E-state index in [9.17, 15) is 14.9 Å². The molecule has 2 saturated heterocycles. The number of nitrogens with zero attached hydrogens (tertiary/aromatic N) is 8. The number of aromatic nitrogens is 4. The van der Waals surface area contributed by atoms with Crippen LogP contribution in [-0.2, 0) is 0 Å². The van der Waals surface area contributed by atoms with Gasteiger partial charge in [-0.25, -0.2) is 0 Å². The molecule has 3 heterocycles. The van der Waals surface area contributed by atoms with Crippen LogP contribution in [0.3, 0.4) is 0 Å². The lowest BCUT2D eigenvalue weighted by atomic mass is 10.1. The number of amides is 1. The standard InChI is InChI=1S/C22H24N8O3/c31-21(17-8-9-19(20(16-17)30(32)33)26-10-4-5-11-26)27-12-14-28(15-13-27)22-23-24-25-29(22)18-6-2-1-3-7-18/h1-3,6-9,16H,4-5,10-15H2. The van der Waals surface area contributed by atoms with Gasteiger partial charge < -0.3 is 14.7 Å². The van der Waals surface area contributed by atoms with E-state index in [1.54, 1.807) is 21.7 Å². The number of nitro groups is 1. The normalized spacial score (nSPS) is 16.3. The van der Waals surface area contributed by atoms with Crippen LogP contribution in [0.1, 0.15) is 23.2 Å². The maximum atomic E-state index is 13.1. The number of piperazine rings is 1. The first-order valence-electron chi connectivity index (χ1n) is 11.0. The van der Waals surface area contributed by atoms with Gasteiger partial charge in [-0.2, -0.15) is 4.68 Å². The second-order valence-electron chi connectivity index (χ2n) is 8.16. The van der Waals surface area contributed by atoms with Crippen LogP contribution >= 0.6 is 0 Å². The number of nitro benzene ring substituents is 1. The van der Waals surface area contributed by atoms with E-state index in [2.05, 4.69) is 15.5 Å². The molecule has 2 aliphatic heterocycles. The third-order valence-electron chi connectivity index (χ3n) is 6.17. The molecule has 1 amide bonds. The smallest absolute Gasteiger partial charge is 0.293 e. The van der Waals surface area contributed by atoms with Gasteiger partial charge in [0.15, 0.2) is 0 Å². The summed E-state index contributed by atoms with van der Waals surface area (Å²) in [6.07, 6.45) is 2.05. The number of para-hydroxylation sites is 1. The van der Waals surface area contributed by atoms with Gasteiger partial charge in [0.05, 0.1) is 10.6 Å². The molecule has 0 saturated carbocycles. The number of carbonyl (C=O) groups excluding carboxylic acids is 1. The quantitative estimate of drug-likeness (QED) is 0.431. The fourth-order valence-electron chi connectivity index (χ4n) is 4.44. The van der Waals surface area contributed by atoms with Crippen molar-refractivity contribution in [3.63, 3.8) is 0 Å². The number of carbonyl (C=O) groups is 1. The number of rotatable bonds is 5. The van der Waals surface area contributed by atoms with Crippen LogP contribution < -0.4 is 9.80 Å². The Bertz CT molecular complexity index is 1150. The Morgan fingerprint density at radius 3 is 2.33 bits per heavy atom. The molecule has 3 aromatic rings. The molecular weight excluding hydrogens is 424 g/mol. The minimum atomic E-state index is -0.397. The van der Waals surface area contributed by atoms with E-state index >= 15 is 0 Å². The van der Waals surface area contributed by atoms with Crippen molar-refractivity contribution in [2.24, 2.45) is 0 Å². The topological polar surface area (TPSA) is 114 Å². The second-order valence-corrected chi connectivity index (χ2v) is 8.16. The lowest BCUT2D eigenvalue weighted by Crippen LogP contribution is -2.49. The SMILES string of the molecule is O=C(c1ccc(N2CCCC2)c([N+](=O)[O-])c1)N1CCN(c2nnnn2-c2ccccc2)CC1. The highest BCUT2D eigenvalue weighted by Crippen LogP contribution is 2.32. The molecule has 33 heavy (non-hydrogen) atoms. The Kier molecular flexibility index (Phi) is 5.59. The fourth-order valence-corrected chi connectivity index (χ4v) is 4.44. The Morgan fingerprint density at radius 1 is 0.909 bits per heavy atom. The van der Waals surface area contributed by atoms with Crippen LogP contribution in [0.25, 0.3) is 5.69 Å². The molecule has 0 spiro atoms. The largest absolute Gasteiger partial charge is 0.366 e. The average Bonchev–Trinajstić information content (AvgIpc) is 3.56. The van der Waals surface area contributed by atoms with Gasteiger partial charge >= 0.3 is 0 Å². The van der Waals surface area contributed by atoms with Crippen molar-refractivity contribution in [2.45, 2.75) is 12.8 Å². The number of benzene rings is 2. The monoisotopic (exact) mass is 448 g/mol. The van der Waals surface area contributed by atoms with Crippen molar-refractivity contribution in [3.05, 3.63) is 64.2 Å². The van der Waals surface area contributed by atoms with Crippen molar-refractivity contribution in [1.82, 2.24) is 25.1 Å². The van der Waals surface area contributed by atoms with Crippen molar-refractivity contribution in [1.29, 1.82) is 0 Å². The molecule has 2 fully saturated rings. The molecule has 2 aromatic carbocycles.